The van der Waals surface area contributed by atoms with E-state index < -0.39 is 0 Å². The molecule has 0 radical (unpaired) electrons. The molecule has 3 heteroatoms. The van der Waals surface area contributed by atoms with Gasteiger partial charge in [0.1, 0.15) is 0 Å². The number of rotatable bonds is 3. The summed E-state index contributed by atoms with van der Waals surface area (Å²) in [4.78, 5) is 4.25. The molecule has 1 atom stereocenters. The Hall–Kier alpha value is -1.51. The Morgan fingerprint density at radius 3 is 2.26 bits per heavy atom. The van der Waals surface area contributed by atoms with Crippen LogP contribution in [0, 0.1) is 6.92 Å². The van der Waals surface area contributed by atoms with Gasteiger partial charge in [-0.25, -0.2) is 0 Å². The van der Waals surface area contributed by atoms with Crippen LogP contribution in [0.5, 0.6) is 0 Å². The molecule has 0 aliphatic heterocycles. The van der Waals surface area contributed by atoms with Crippen molar-refractivity contribution in [2.75, 3.05) is 13.6 Å². The predicted octanol–water partition coefficient (Wildman–Crippen LogP) is 3.06. The lowest BCUT2D eigenvalue weighted by molar-refractivity contribution is 0.499. The van der Waals surface area contributed by atoms with E-state index >= 15 is 0 Å². The fourth-order valence-corrected chi connectivity index (χ4v) is 1.80. The SMILES string of the molecule is CN=C(NCC(C)c1ccc(C)cc1)NC(C)(C)C. The van der Waals surface area contributed by atoms with Crippen LogP contribution in [0.15, 0.2) is 29.3 Å². The molecule has 19 heavy (non-hydrogen) atoms. The van der Waals surface area contributed by atoms with Gasteiger partial charge in [-0.2, -0.15) is 0 Å². The van der Waals surface area contributed by atoms with Crippen LogP contribution in [-0.2, 0) is 0 Å². The Morgan fingerprint density at radius 1 is 1.21 bits per heavy atom. The third kappa shape index (κ3) is 5.77. The fraction of sp³-hybridized carbons (Fsp3) is 0.562. The topological polar surface area (TPSA) is 36.4 Å². The number of hydrogen-bond acceptors (Lipinski definition) is 1. The molecular formula is C16H27N3. The molecule has 0 bridgehead atoms. The second-order valence-corrected chi connectivity index (χ2v) is 6.14. The van der Waals surface area contributed by atoms with Gasteiger partial charge < -0.3 is 10.6 Å². The van der Waals surface area contributed by atoms with E-state index in [1.165, 1.54) is 11.1 Å². The van der Waals surface area contributed by atoms with Crippen LogP contribution in [0.2, 0.25) is 0 Å². The third-order valence-electron chi connectivity index (χ3n) is 2.94. The first kappa shape index (κ1) is 15.5. The standard InChI is InChI=1S/C16H27N3/c1-12-7-9-14(10-8-12)13(2)11-18-15(17-6)19-16(3,4)5/h7-10,13H,11H2,1-6H3,(H2,17,18,19). The van der Waals surface area contributed by atoms with E-state index in [-0.39, 0.29) is 5.54 Å². The molecule has 1 rings (SSSR count). The second-order valence-electron chi connectivity index (χ2n) is 6.14. The summed E-state index contributed by atoms with van der Waals surface area (Å²) >= 11 is 0. The molecule has 3 nitrogen and oxygen atoms in total. The van der Waals surface area contributed by atoms with Gasteiger partial charge in [-0.15, -0.1) is 0 Å². The maximum Gasteiger partial charge on any atom is 0.191 e. The summed E-state index contributed by atoms with van der Waals surface area (Å²) in [5.74, 6) is 1.31. The number of guanidine groups is 1. The molecule has 0 saturated heterocycles. The maximum absolute atomic E-state index is 4.25. The fourth-order valence-electron chi connectivity index (χ4n) is 1.80. The monoisotopic (exact) mass is 261 g/mol. The summed E-state index contributed by atoms with van der Waals surface area (Å²) in [5.41, 5.74) is 2.67. The Kier molecular flexibility index (Phi) is 5.40. The first-order chi connectivity index (χ1) is 8.81. The van der Waals surface area contributed by atoms with Crippen LogP contribution in [0.1, 0.15) is 44.7 Å². The highest BCUT2D eigenvalue weighted by molar-refractivity contribution is 5.80. The first-order valence-corrected chi connectivity index (χ1v) is 6.87. The molecule has 0 fully saturated rings. The molecule has 0 spiro atoms. The first-order valence-electron chi connectivity index (χ1n) is 6.87. The Balaban J connectivity index is 2.53. The largest absolute Gasteiger partial charge is 0.356 e. The van der Waals surface area contributed by atoms with E-state index in [1.54, 1.807) is 7.05 Å². The van der Waals surface area contributed by atoms with Crippen molar-refractivity contribution >= 4 is 5.96 Å². The van der Waals surface area contributed by atoms with E-state index in [0.29, 0.717) is 5.92 Å². The lowest BCUT2D eigenvalue weighted by atomic mass is 10.0. The van der Waals surface area contributed by atoms with Gasteiger partial charge in [0, 0.05) is 19.1 Å². The van der Waals surface area contributed by atoms with Crippen LogP contribution in [0.25, 0.3) is 0 Å². The zero-order valence-electron chi connectivity index (χ0n) is 13.0. The maximum atomic E-state index is 4.25. The molecule has 1 aromatic carbocycles. The molecule has 0 aliphatic carbocycles. The molecule has 0 heterocycles. The average Bonchev–Trinajstić information content (AvgIpc) is 2.33. The molecule has 106 valence electrons. The van der Waals surface area contributed by atoms with E-state index in [0.717, 1.165) is 12.5 Å². The lowest BCUT2D eigenvalue weighted by Crippen LogP contribution is -2.48. The van der Waals surface area contributed by atoms with E-state index in [9.17, 15) is 0 Å². The van der Waals surface area contributed by atoms with Gasteiger partial charge in [-0.1, -0.05) is 36.8 Å². The van der Waals surface area contributed by atoms with Crippen molar-refractivity contribution in [2.24, 2.45) is 4.99 Å². The van der Waals surface area contributed by atoms with Gasteiger partial charge in [0.15, 0.2) is 5.96 Å². The number of nitrogens with one attached hydrogen (secondary N) is 2. The number of nitrogens with zero attached hydrogens (tertiary/aromatic N) is 1. The van der Waals surface area contributed by atoms with E-state index in [4.69, 9.17) is 0 Å². The van der Waals surface area contributed by atoms with Crippen molar-refractivity contribution in [2.45, 2.75) is 46.1 Å². The van der Waals surface area contributed by atoms with Crippen molar-refractivity contribution in [1.29, 1.82) is 0 Å². The van der Waals surface area contributed by atoms with Gasteiger partial charge in [0.25, 0.3) is 0 Å². The van der Waals surface area contributed by atoms with Crippen molar-refractivity contribution in [3.63, 3.8) is 0 Å². The Morgan fingerprint density at radius 2 is 1.79 bits per heavy atom. The second kappa shape index (κ2) is 6.60. The molecule has 0 aromatic heterocycles. The van der Waals surface area contributed by atoms with Gasteiger partial charge in [0.2, 0.25) is 0 Å². The zero-order valence-corrected chi connectivity index (χ0v) is 13.0. The Bertz CT molecular complexity index is 413. The molecule has 1 unspecified atom stereocenters. The van der Waals surface area contributed by atoms with Crippen LogP contribution in [0.4, 0.5) is 0 Å². The Labute approximate surface area is 117 Å². The molecule has 0 aliphatic rings. The molecule has 2 N–H and O–H groups in total. The van der Waals surface area contributed by atoms with E-state index in [2.05, 4.69) is 74.5 Å². The van der Waals surface area contributed by atoms with Gasteiger partial charge in [0.05, 0.1) is 0 Å². The number of benzene rings is 1. The highest BCUT2D eigenvalue weighted by Gasteiger charge is 2.12. The minimum absolute atomic E-state index is 0.0228. The van der Waals surface area contributed by atoms with Crippen LogP contribution < -0.4 is 10.6 Å². The molecule has 0 saturated carbocycles. The van der Waals surface area contributed by atoms with Crippen LogP contribution in [0.3, 0.4) is 0 Å². The lowest BCUT2D eigenvalue weighted by Gasteiger charge is -2.24. The summed E-state index contributed by atoms with van der Waals surface area (Å²) < 4.78 is 0. The third-order valence-corrected chi connectivity index (χ3v) is 2.94. The van der Waals surface area contributed by atoms with Crippen molar-refractivity contribution in [3.8, 4) is 0 Å². The minimum Gasteiger partial charge on any atom is -0.356 e. The number of aliphatic imine (C=N–C) groups is 1. The van der Waals surface area contributed by atoms with Gasteiger partial charge in [-0.3, -0.25) is 4.99 Å². The average molecular weight is 261 g/mol. The minimum atomic E-state index is 0.0228. The molecule has 1 aromatic rings. The highest BCUT2D eigenvalue weighted by Crippen LogP contribution is 2.14. The van der Waals surface area contributed by atoms with E-state index in [1.807, 2.05) is 0 Å². The molecular weight excluding hydrogens is 234 g/mol. The van der Waals surface area contributed by atoms with Crippen molar-refractivity contribution < 1.29 is 0 Å². The van der Waals surface area contributed by atoms with Crippen molar-refractivity contribution in [3.05, 3.63) is 35.4 Å². The number of hydrogen-bond donors (Lipinski definition) is 2. The summed E-state index contributed by atoms with van der Waals surface area (Å²) in [6.45, 7) is 11.6. The predicted molar refractivity (Wildman–Crippen MR) is 83.8 cm³/mol. The normalized spacial score (nSPS) is 14.1. The van der Waals surface area contributed by atoms with Crippen LogP contribution >= 0.6 is 0 Å². The highest BCUT2D eigenvalue weighted by atomic mass is 15.2. The quantitative estimate of drug-likeness (QED) is 0.648. The summed E-state index contributed by atoms with van der Waals surface area (Å²) in [5, 5.41) is 6.74. The molecule has 0 amide bonds. The summed E-state index contributed by atoms with van der Waals surface area (Å²) in [7, 11) is 1.80. The number of aryl methyl sites for hydroxylation is 1. The van der Waals surface area contributed by atoms with Crippen molar-refractivity contribution in [1.82, 2.24) is 10.6 Å². The van der Waals surface area contributed by atoms with Gasteiger partial charge in [-0.05, 0) is 39.2 Å². The van der Waals surface area contributed by atoms with Crippen LogP contribution in [-0.4, -0.2) is 25.1 Å². The zero-order chi connectivity index (χ0) is 14.5. The summed E-state index contributed by atoms with van der Waals surface area (Å²) in [6.07, 6.45) is 0. The smallest absolute Gasteiger partial charge is 0.191 e. The summed E-state index contributed by atoms with van der Waals surface area (Å²) in [6, 6.07) is 8.71. The van der Waals surface area contributed by atoms with Gasteiger partial charge >= 0.3 is 0 Å².